The lowest BCUT2D eigenvalue weighted by molar-refractivity contribution is 1.02. The van der Waals surface area contributed by atoms with Crippen LogP contribution in [0.5, 0.6) is 0 Å². The van der Waals surface area contributed by atoms with Gasteiger partial charge in [0.1, 0.15) is 17.5 Å². The molecule has 7 heteroatoms. The zero-order valence-corrected chi connectivity index (χ0v) is 14.2. The van der Waals surface area contributed by atoms with E-state index in [-0.39, 0.29) is 0 Å². The van der Waals surface area contributed by atoms with Crippen molar-refractivity contribution in [3.05, 3.63) is 38.6 Å². The van der Waals surface area contributed by atoms with Gasteiger partial charge in [0.2, 0.25) is 0 Å². The molecular weight excluding hydrogens is 331 g/mol. The van der Waals surface area contributed by atoms with Gasteiger partial charge in [0, 0.05) is 12.1 Å². The average molecular weight is 346 g/mol. The molecule has 0 aliphatic rings. The van der Waals surface area contributed by atoms with Gasteiger partial charge in [-0.15, -0.1) is 0 Å². The normalized spacial score (nSPS) is 10.6. The van der Waals surface area contributed by atoms with Crippen molar-refractivity contribution in [1.29, 1.82) is 0 Å². The first-order chi connectivity index (χ1) is 9.92. The average Bonchev–Trinajstić information content (AvgIpc) is 2.41. The Kier molecular flexibility index (Phi) is 5.14. The van der Waals surface area contributed by atoms with Gasteiger partial charge in [0.15, 0.2) is 0 Å². The highest BCUT2D eigenvalue weighted by atomic mass is 35.5. The molecule has 2 rings (SSSR count). The van der Waals surface area contributed by atoms with E-state index in [1.165, 1.54) is 0 Å². The third kappa shape index (κ3) is 3.70. The summed E-state index contributed by atoms with van der Waals surface area (Å²) in [5.41, 5.74) is 1.55. The van der Waals surface area contributed by atoms with Crippen LogP contribution in [0.25, 0.3) is 0 Å². The van der Waals surface area contributed by atoms with Gasteiger partial charge in [-0.1, -0.05) is 34.8 Å². The molecule has 1 aromatic carbocycles. The monoisotopic (exact) mass is 344 g/mol. The maximum Gasteiger partial charge on any atom is 0.139 e. The topological polar surface area (TPSA) is 49.8 Å². The molecule has 0 aliphatic heterocycles. The summed E-state index contributed by atoms with van der Waals surface area (Å²) in [4.78, 5) is 8.78. The van der Waals surface area contributed by atoms with Crippen LogP contribution in [-0.4, -0.2) is 16.5 Å². The van der Waals surface area contributed by atoms with E-state index in [9.17, 15) is 0 Å². The van der Waals surface area contributed by atoms with Crippen molar-refractivity contribution < 1.29 is 0 Å². The Morgan fingerprint density at radius 2 is 1.57 bits per heavy atom. The number of halogens is 3. The summed E-state index contributed by atoms with van der Waals surface area (Å²) < 4.78 is 0. The highest BCUT2D eigenvalue weighted by molar-refractivity contribution is 6.44. The molecule has 0 spiro atoms. The summed E-state index contributed by atoms with van der Waals surface area (Å²) in [6.07, 6.45) is 0. The largest absolute Gasteiger partial charge is 0.370 e. The second-order valence-corrected chi connectivity index (χ2v) is 5.72. The minimum Gasteiger partial charge on any atom is -0.370 e. The number of nitrogens with zero attached hydrogens (tertiary/aromatic N) is 2. The van der Waals surface area contributed by atoms with E-state index in [1.54, 1.807) is 12.1 Å². The fourth-order valence-corrected chi connectivity index (χ4v) is 2.43. The summed E-state index contributed by atoms with van der Waals surface area (Å²) >= 11 is 18.1. The predicted octanol–water partition coefficient (Wildman–Crippen LogP) is 5.23. The van der Waals surface area contributed by atoms with Gasteiger partial charge in [-0.2, -0.15) is 0 Å². The van der Waals surface area contributed by atoms with Gasteiger partial charge in [0.25, 0.3) is 0 Å². The molecule has 1 aromatic heterocycles. The SMILES string of the molecule is CCNc1nc(C)nc(Nc2cc(Cl)c(Cl)cc2Cl)c1C. The highest BCUT2D eigenvalue weighted by Gasteiger charge is 2.12. The van der Waals surface area contributed by atoms with Gasteiger partial charge in [-0.25, -0.2) is 9.97 Å². The molecule has 2 N–H and O–H groups in total. The van der Waals surface area contributed by atoms with Crippen LogP contribution in [0.1, 0.15) is 18.3 Å². The summed E-state index contributed by atoms with van der Waals surface area (Å²) in [6.45, 7) is 6.57. The van der Waals surface area contributed by atoms with Crippen molar-refractivity contribution in [3.63, 3.8) is 0 Å². The van der Waals surface area contributed by atoms with Crippen LogP contribution in [0, 0.1) is 13.8 Å². The zero-order valence-electron chi connectivity index (χ0n) is 11.9. The molecule has 0 fully saturated rings. The third-order valence-electron chi connectivity index (χ3n) is 2.86. The first-order valence-electron chi connectivity index (χ1n) is 6.43. The van der Waals surface area contributed by atoms with Crippen molar-refractivity contribution in [3.8, 4) is 0 Å². The highest BCUT2D eigenvalue weighted by Crippen LogP contribution is 2.34. The summed E-state index contributed by atoms with van der Waals surface area (Å²) in [5.74, 6) is 2.14. The molecular formula is C14H15Cl3N4. The van der Waals surface area contributed by atoms with E-state index < -0.39 is 0 Å². The number of nitrogens with one attached hydrogen (secondary N) is 2. The van der Waals surface area contributed by atoms with E-state index >= 15 is 0 Å². The molecule has 2 aromatic rings. The van der Waals surface area contributed by atoms with Crippen molar-refractivity contribution >= 4 is 52.1 Å². The van der Waals surface area contributed by atoms with Crippen molar-refractivity contribution in [2.24, 2.45) is 0 Å². The van der Waals surface area contributed by atoms with Crippen LogP contribution < -0.4 is 10.6 Å². The van der Waals surface area contributed by atoms with Crippen LogP contribution in [-0.2, 0) is 0 Å². The quantitative estimate of drug-likeness (QED) is 0.745. The summed E-state index contributed by atoms with van der Waals surface area (Å²) in [7, 11) is 0. The molecule has 0 bridgehead atoms. The summed E-state index contributed by atoms with van der Waals surface area (Å²) in [5, 5.41) is 7.71. The number of benzene rings is 1. The molecule has 0 aliphatic carbocycles. The molecule has 0 saturated heterocycles. The Labute approximate surface area is 138 Å². The number of aromatic nitrogens is 2. The number of aryl methyl sites for hydroxylation is 1. The Morgan fingerprint density at radius 1 is 0.952 bits per heavy atom. The lowest BCUT2D eigenvalue weighted by Crippen LogP contribution is -2.08. The number of hydrogen-bond donors (Lipinski definition) is 2. The molecule has 112 valence electrons. The standard InChI is InChI=1S/C14H15Cl3N4/c1-4-18-13-7(2)14(20-8(3)19-13)21-12-6-10(16)9(15)5-11(12)17/h5-6H,4H2,1-3H3,(H2,18,19,20,21). The molecule has 0 radical (unpaired) electrons. The lowest BCUT2D eigenvalue weighted by atomic mass is 10.2. The van der Waals surface area contributed by atoms with Gasteiger partial charge in [-0.05, 0) is 32.9 Å². The van der Waals surface area contributed by atoms with Crippen molar-refractivity contribution in [2.75, 3.05) is 17.2 Å². The van der Waals surface area contributed by atoms with Crippen molar-refractivity contribution in [1.82, 2.24) is 9.97 Å². The van der Waals surface area contributed by atoms with E-state index in [0.29, 0.717) is 32.4 Å². The minimum absolute atomic E-state index is 0.413. The summed E-state index contributed by atoms with van der Waals surface area (Å²) in [6, 6.07) is 3.28. The van der Waals surface area contributed by atoms with Crippen LogP contribution in [0.3, 0.4) is 0 Å². The zero-order chi connectivity index (χ0) is 15.6. The van der Waals surface area contributed by atoms with Crippen LogP contribution >= 0.6 is 34.8 Å². The van der Waals surface area contributed by atoms with Crippen LogP contribution in [0.4, 0.5) is 17.3 Å². The molecule has 0 amide bonds. The number of hydrogen-bond acceptors (Lipinski definition) is 4. The minimum atomic E-state index is 0.413. The molecule has 0 saturated carbocycles. The lowest BCUT2D eigenvalue weighted by Gasteiger charge is -2.14. The molecule has 4 nitrogen and oxygen atoms in total. The van der Waals surface area contributed by atoms with E-state index in [1.807, 2.05) is 20.8 Å². The van der Waals surface area contributed by atoms with Crippen molar-refractivity contribution in [2.45, 2.75) is 20.8 Å². The first-order valence-corrected chi connectivity index (χ1v) is 7.56. The van der Waals surface area contributed by atoms with Crippen LogP contribution in [0.15, 0.2) is 12.1 Å². The molecule has 21 heavy (non-hydrogen) atoms. The van der Waals surface area contributed by atoms with E-state index in [0.717, 1.165) is 17.9 Å². The van der Waals surface area contributed by atoms with Crippen LogP contribution in [0.2, 0.25) is 15.1 Å². The number of rotatable bonds is 4. The van der Waals surface area contributed by atoms with Gasteiger partial charge in [-0.3, -0.25) is 0 Å². The predicted molar refractivity (Wildman–Crippen MR) is 90.4 cm³/mol. The first kappa shape index (κ1) is 16.1. The molecule has 0 atom stereocenters. The Balaban J connectivity index is 2.42. The van der Waals surface area contributed by atoms with Gasteiger partial charge >= 0.3 is 0 Å². The van der Waals surface area contributed by atoms with Gasteiger partial charge in [0.05, 0.1) is 20.8 Å². The maximum absolute atomic E-state index is 6.18. The maximum atomic E-state index is 6.18. The smallest absolute Gasteiger partial charge is 0.139 e. The van der Waals surface area contributed by atoms with E-state index in [4.69, 9.17) is 34.8 Å². The fourth-order valence-electron chi connectivity index (χ4n) is 1.84. The molecule has 0 unspecified atom stereocenters. The van der Waals surface area contributed by atoms with E-state index in [2.05, 4.69) is 20.6 Å². The Hall–Kier alpha value is -1.23. The Morgan fingerprint density at radius 3 is 2.24 bits per heavy atom. The van der Waals surface area contributed by atoms with Gasteiger partial charge < -0.3 is 10.6 Å². The fraction of sp³-hybridized carbons (Fsp3) is 0.286. The molecule has 1 heterocycles. The second-order valence-electron chi connectivity index (χ2n) is 4.49. The second kappa shape index (κ2) is 6.69. The Bertz CT molecular complexity index is 674. The third-order valence-corrected chi connectivity index (χ3v) is 3.90. The number of anilines is 3.